The Hall–Kier alpha value is -0.190. The third-order valence-corrected chi connectivity index (χ3v) is 2.95. The molecular formula is C7H7BrN2S. The van der Waals surface area contributed by atoms with E-state index in [1.807, 2.05) is 12.1 Å². The Morgan fingerprint density at radius 1 is 1.55 bits per heavy atom. The number of anilines is 1. The summed E-state index contributed by atoms with van der Waals surface area (Å²) in [4.78, 5) is 1.21. The van der Waals surface area contributed by atoms with E-state index in [0.717, 1.165) is 10.2 Å². The fraction of sp³-hybridized carbons (Fsp3) is 0.143. The van der Waals surface area contributed by atoms with Gasteiger partial charge in [0.25, 0.3) is 0 Å². The van der Waals surface area contributed by atoms with Crippen molar-refractivity contribution in [2.75, 3.05) is 5.32 Å². The molecule has 0 fully saturated rings. The number of halogens is 1. The minimum Gasteiger partial charge on any atom is -0.360 e. The van der Waals surface area contributed by atoms with Crippen LogP contribution in [-0.2, 0) is 0 Å². The maximum absolute atomic E-state index is 5.67. The number of nitrogens with two attached hydrogens (primary N) is 1. The number of hydrogen-bond acceptors (Lipinski definition) is 3. The van der Waals surface area contributed by atoms with Crippen molar-refractivity contribution in [2.45, 2.75) is 10.4 Å². The third kappa shape index (κ3) is 1.38. The second-order valence-electron chi connectivity index (χ2n) is 2.32. The zero-order chi connectivity index (χ0) is 7.84. The van der Waals surface area contributed by atoms with Crippen molar-refractivity contribution in [3.8, 4) is 0 Å². The van der Waals surface area contributed by atoms with Crippen LogP contribution in [0.4, 0.5) is 5.69 Å². The lowest BCUT2D eigenvalue weighted by Gasteiger charge is -1.99. The summed E-state index contributed by atoms with van der Waals surface area (Å²) in [5, 5.41) is 3.14. The van der Waals surface area contributed by atoms with Gasteiger partial charge in [0.15, 0.2) is 0 Å². The van der Waals surface area contributed by atoms with E-state index in [9.17, 15) is 0 Å². The first kappa shape index (κ1) is 7.46. The quantitative estimate of drug-likeness (QED) is 0.718. The van der Waals surface area contributed by atoms with E-state index in [2.05, 4.69) is 27.3 Å². The highest BCUT2D eigenvalue weighted by atomic mass is 79.9. The van der Waals surface area contributed by atoms with Crippen LogP contribution in [0.3, 0.4) is 0 Å². The molecule has 1 aromatic rings. The lowest BCUT2D eigenvalue weighted by Crippen LogP contribution is -2.20. The van der Waals surface area contributed by atoms with Crippen LogP contribution in [-0.4, -0.2) is 5.50 Å². The van der Waals surface area contributed by atoms with Gasteiger partial charge in [0.1, 0.15) is 5.50 Å². The summed E-state index contributed by atoms with van der Waals surface area (Å²) in [6, 6.07) is 6.10. The number of benzene rings is 1. The van der Waals surface area contributed by atoms with Gasteiger partial charge in [0.05, 0.1) is 0 Å². The van der Waals surface area contributed by atoms with E-state index in [0.29, 0.717) is 0 Å². The van der Waals surface area contributed by atoms with Crippen LogP contribution < -0.4 is 11.1 Å². The molecule has 1 aliphatic rings. The van der Waals surface area contributed by atoms with E-state index >= 15 is 0 Å². The lowest BCUT2D eigenvalue weighted by molar-refractivity contribution is 1.08. The SMILES string of the molecule is NC1Nc2ccc(Br)cc2S1. The average Bonchev–Trinajstić information content (AvgIpc) is 2.27. The summed E-state index contributed by atoms with van der Waals surface area (Å²) in [6.07, 6.45) is 0. The van der Waals surface area contributed by atoms with Gasteiger partial charge in [-0.15, -0.1) is 0 Å². The molecule has 2 rings (SSSR count). The van der Waals surface area contributed by atoms with Gasteiger partial charge in [-0.05, 0) is 18.2 Å². The molecule has 0 spiro atoms. The number of nitrogens with one attached hydrogen (secondary N) is 1. The third-order valence-electron chi connectivity index (χ3n) is 1.50. The Bertz CT molecular complexity index is 290. The molecular weight excluding hydrogens is 224 g/mol. The lowest BCUT2D eigenvalue weighted by atomic mass is 10.3. The van der Waals surface area contributed by atoms with Crippen LogP contribution in [0.5, 0.6) is 0 Å². The highest BCUT2D eigenvalue weighted by Gasteiger charge is 2.16. The summed E-state index contributed by atoms with van der Waals surface area (Å²) in [5.74, 6) is 0. The highest BCUT2D eigenvalue weighted by molar-refractivity contribution is 9.10. The van der Waals surface area contributed by atoms with Crippen molar-refractivity contribution < 1.29 is 0 Å². The van der Waals surface area contributed by atoms with Gasteiger partial charge in [-0.3, -0.25) is 0 Å². The standard InChI is InChI=1S/C7H7BrN2S/c8-4-1-2-5-6(3-4)11-7(9)10-5/h1-3,7,10H,9H2. The second-order valence-corrected chi connectivity index (χ2v) is 4.42. The normalized spacial score (nSPS) is 21.1. The zero-order valence-electron chi connectivity index (χ0n) is 5.67. The van der Waals surface area contributed by atoms with Gasteiger partial charge < -0.3 is 11.1 Å². The van der Waals surface area contributed by atoms with Crippen LogP contribution in [0.25, 0.3) is 0 Å². The van der Waals surface area contributed by atoms with Gasteiger partial charge in [-0.25, -0.2) is 0 Å². The molecule has 4 heteroatoms. The Kier molecular flexibility index (Phi) is 1.83. The van der Waals surface area contributed by atoms with Crippen LogP contribution >= 0.6 is 27.7 Å². The number of thioether (sulfide) groups is 1. The fourth-order valence-corrected chi connectivity index (χ4v) is 2.45. The fourth-order valence-electron chi connectivity index (χ4n) is 1.03. The van der Waals surface area contributed by atoms with Crippen molar-refractivity contribution in [1.29, 1.82) is 0 Å². The van der Waals surface area contributed by atoms with Gasteiger partial charge in [0, 0.05) is 15.1 Å². The number of fused-ring (bicyclic) bond motifs is 1. The predicted molar refractivity (Wildman–Crippen MR) is 51.6 cm³/mol. The molecule has 1 atom stereocenters. The second kappa shape index (κ2) is 2.69. The number of hydrogen-bond donors (Lipinski definition) is 2. The van der Waals surface area contributed by atoms with Crippen LogP contribution in [0.15, 0.2) is 27.6 Å². The molecule has 58 valence electrons. The monoisotopic (exact) mass is 230 g/mol. The van der Waals surface area contributed by atoms with Gasteiger partial charge in [-0.1, -0.05) is 27.7 Å². The highest BCUT2D eigenvalue weighted by Crippen LogP contribution is 2.37. The summed E-state index contributed by atoms with van der Waals surface area (Å²) < 4.78 is 1.10. The van der Waals surface area contributed by atoms with E-state index in [4.69, 9.17) is 5.73 Å². The molecule has 1 unspecified atom stereocenters. The van der Waals surface area contributed by atoms with Crippen molar-refractivity contribution in [2.24, 2.45) is 5.73 Å². The van der Waals surface area contributed by atoms with Crippen LogP contribution in [0, 0.1) is 0 Å². The first-order valence-electron chi connectivity index (χ1n) is 3.24. The molecule has 11 heavy (non-hydrogen) atoms. The summed E-state index contributed by atoms with van der Waals surface area (Å²) in [6.45, 7) is 0. The smallest absolute Gasteiger partial charge is 0.127 e. The summed E-state index contributed by atoms with van der Waals surface area (Å²) in [7, 11) is 0. The molecule has 2 nitrogen and oxygen atoms in total. The summed E-state index contributed by atoms with van der Waals surface area (Å²) in [5.41, 5.74) is 6.82. The van der Waals surface area contributed by atoms with Gasteiger partial charge >= 0.3 is 0 Å². The maximum atomic E-state index is 5.67. The topological polar surface area (TPSA) is 38.0 Å². The van der Waals surface area contributed by atoms with Crippen molar-refractivity contribution >= 4 is 33.4 Å². The molecule has 1 aromatic carbocycles. The molecule has 0 bridgehead atoms. The molecule has 0 aliphatic carbocycles. The molecule has 3 N–H and O–H groups in total. The number of rotatable bonds is 0. The van der Waals surface area contributed by atoms with Crippen molar-refractivity contribution in [3.05, 3.63) is 22.7 Å². The molecule has 1 heterocycles. The van der Waals surface area contributed by atoms with E-state index < -0.39 is 0 Å². The molecule has 0 aromatic heterocycles. The van der Waals surface area contributed by atoms with E-state index in [-0.39, 0.29) is 5.50 Å². The minimum atomic E-state index is 0.0132. The van der Waals surface area contributed by atoms with Crippen LogP contribution in [0.2, 0.25) is 0 Å². The van der Waals surface area contributed by atoms with E-state index in [1.165, 1.54) is 4.90 Å². The molecule has 1 aliphatic heterocycles. The molecule has 0 saturated carbocycles. The first-order valence-corrected chi connectivity index (χ1v) is 4.91. The molecule has 0 radical (unpaired) electrons. The van der Waals surface area contributed by atoms with Crippen LogP contribution in [0.1, 0.15) is 0 Å². The Balaban J connectivity index is 2.43. The summed E-state index contributed by atoms with van der Waals surface area (Å²) >= 11 is 5.04. The zero-order valence-corrected chi connectivity index (χ0v) is 8.08. The largest absolute Gasteiger partial charge is 0.360 e. The maximum Gasteiger partial charge on any atom is 0.127 e. The van der Waals surface area contributed by atoms with Gasteiger partial charge in [0.2, 0.25) is 0 Å². The Labute approximate surface area is 77.7 Å². The Morgan fingerprint density at radius 3 is 3.18 bits per heavy atom. The predicted octanol–water partition coefficient (Wildman–Crippen LogP) is 2.21. The molecule has 0 saturated heterocycles. The van der Waals surface area contributed by atoms with Crippen molar-refractivity contribution in [3.63, 3.8) is 0 Å². The van der Waals surface area contributed by atoms with Crippen molar-refractivity contribution in [1.82, 2.24) is 0 Å². The average molecular weight is 231 g/mol. The van der Waals surface area contributed by atoms with E-state index in [1.54, 1.807) is 11.8 Å². The molecule has 0 amide bonds. The first-order chi connectivity index (χ1) is 5.25. The minimum absolute atomic E-state index is 0.0132. The Morgan fingerprint density at radius 2 is 2.36 bits per heavy atom. The van der Waals surface area contributed by atoms with Gasteiger partial charge in [-0.2, -0.15) is 0 Å².